The summed E-state index contributed by atoms with van der Waals surface area (Å²) in [4.78, 5) is 40.8. The summed E-state index contributed by atoms with van der Waals surface area (Å²) in [5.74, 6) is -0.595. The molecule has 0 aliphatic rings. The molecule has 0 heterocycles. The van der Waals surface area contributed by atoms with E-state index in [1.807, 2.05) is 59.7 Å². The maximum absolute atomic E-state index is 13.6. The molecule has 1 aromatic carbocycles. The van der Waals surface area contributed by atoms with Gasteiger partial charge in [0.05, 0.1) is 0 Å². The monoisotopic (exact) mass is 461 g/mol. The van der Waals surface area contributed by atoms with Gasteiger partial charge in [-0.25, -0.2) is 4.79 Å². The molecular weight excluding hydrogens is 418 g/mol. The third-order valence-electron chi connectivity index (χ3n) is 5.33. The summed E-state index contributed by atoms with van der Waals surface area (Å²) in [5, 5.41) is 5.62. The van der Waals surface area contributed by atoms with Crippen molar-refractivity contribution in [2.24, 2.45) is 0 Å². The molecule has 7 nitrogen and oxygen atoms in total. The first-order valence-electron chi connectivity index (χ1n) is 11.7. The van der Waals surface area contributed by atoms with Crippen LogP contribution in [0.2, 0.25) is 0 Å². The highest BCUT2D eigenvalue weighted by Crippen LogP contribution is 2.32. The van der Waals surface area contributed by atoms with Crippen molar-refractivity contribution in [1.29, 1.82) is 0 Å². The number of nitrogens with zero attached hydrogens (tertiary/aromatic N) is 1. The summed E-state index contributed by atoms with van der Waals surface area (Å²) in [5.41, 5.74) is 1.42. The number of rotatable bonds is 8. The van der Waals surface area contributed by atoms with Crippen LogP contribution >= 0.6 is 0 Å². The molecule has 3 amide bonds. The van der Waals surface area contributed by atoms with Crippen LogP contribution in [0.3, 0.4) is 0 Å². The number of aryl methyl sites for hydroxylation is 1. The molecular formula is C26H43N3O4. The molecule has 2 unspecified atom stereocenters. The topological polar surface area (TPSA) is 87.7 Å². The van der Waals surface area contributed by atoms with E-state index in [1.54, 1.807) is 25.7 Å². The average molecular weight is 462 g/mol. The first-order chi connectivity index (χ1) is 15.1. The van der Waals surface area contributed by atoms with Gasteiger partial charge in [-0.3, -0.25) is 9.59 Å². The Labute approximate surface area is 199 Å². The Kier molecular flexibility index (Phi) is 9.94. The van der Waals surface area contributed by atoms with Crippen LogP contribution in [0.1, 0.15) is 91.0 Å². The maximum Gasteiger partial charge on any atom is 0.408 e. The maximum atomic E-state index is 13.6. The number of hydrogen-bond donors (Lipinski definition) is 2. The Bertz CT molecular complexity index is 837. The molecule has 0 bridgehead atoms. The molecule has 0 radical (unpaired) electrons. The largest absolute Gasteiger partial charge is 0.444 e. The number of ether oxygens (including phenoxy) is 1. The summed E-state index contributed by atoms with van der Waals surface area (Å²) in [6.45, 7) is 18.7. The number of nitrogens with one attached hydrogen (secondary N) is 2. The molecule has 0 fully saturated rings. The molecule has 0 aromatic heterocycles. The lowest BCUT2D eigenvalue weighted by Gasteiger charge is -2.42. The zero-order valence-corrected chi connectivity index (χ0v) is 22.1. The number of hydrogen-bond acceptors (Lipinski definition) is 4. The predicted octanol–water partition coefficient (Wildman–Crippen LogP) is 4.80. The van der Waals surface area contributed by atoms with Crippen molar-refractivity contribution in [3.05, 3.63) is 34.9 Å². The van der Waals surface area contributed by atoms with Crippen molar-refractivity contribution in [3.63, 3.8) is 0 Å². The Morgan fingerprint density at radius 2 is 1.67 bits per heavy atom. The highest BCUT2D eigenvalue weighted by atomic mass is 16.6. The third-order valence-corrected chi connectivity index (χ3v) is 5.33. The van der Waals surface area contributed by atoms with Crippen LogP contribution < -0.4 is 10.6 Å². The molecule has 1 rings (SSSR count). The quantitative estimate of drug-likeness (QED) is 0.582. The summed E-state index contributed by atoms with van der Waals surface area (Å²) in [6, 6.07) is 4.92. The smallest absolute Gasteiger partial charge is 0.408 e. The number of amides is 3. The summed E-state index contributed by atoms with van der Waals surface area (Å²) in [7, 11) is 0. The van der Waals surface area contributed by atoms with Gasteiger partial charge in [0, 0.05) is 11.6 Å². The fourth-order valence-electron chi connectivity index (χ4n) is 3.75. The average Bonchev–Trinajstić information content (AvgIpc) is 2.64. The standard InChI is InChI=1S/C26H43N3O4/c1-11-13-18(3)28-23(31)22(20-15-12-14-17(2)19(20)4)29(25(5,6)7)21(30)16-27-24(32)33-26(8,9)10/h12,14-15,18,22H,11,13,16H2,1-10H3,(H,27,32)(H,28,31). The molecule has 0 saturated carbocycles. The Morgan fingerprint density at radius 1 is 1.06 bits per heavy atom. The van der Waals surface area contributed by atoms with Gasteiger partial charge in [-0.1, -0.05) is 31.5 Å². The van der Waals surface area contributed by atoms with E-state index >= 15 is 0 Å². The number of benzene rings is 1. The normalized spacial score (nSPS) is 13.6. The van der Waals surface area contributed by atoms with Crippen LogP contribution in [-0.2, 0) is 14.3 Å². The molecule has 33 heavy (non-hydrogen) atoms. The van der Waals surface area contributed by atoms with Crippen molar-refractivity contribution < 1.29 is 19.1 Å². The lowest BCUT2D eigenvalue weighted by molar-refractivity contribution is -0.146. The van der Waals surface area contributed by atoms with Gasteiger partial charge in [-0.2, -0.15) is 0 Å². The van der Waals surface area contributed by atoms with E-state index in [0.29, 0.717) is 0 Å². The molecule has 2 N–H and O–H groups in total. The molecule has 7 heteroatoms. The molecule has 2 atom stereocenters. The van der Waals surface area contributed by atoms with Crippen LogP contribution in [-0.4, -0.2) is 46.5 Å². The molecule has 186 valence electrons. The van der Waals surface area contributed by atoms with Crippen LogP contribution in [0.25, 0.3) is 0 Å². The van der Waals surface area contributed by atoms with Crippen molar-refractivity contribution in [2.75, 3.05) is 6.54 Å². The van der Waals surface area contributed by atoms with Gasteiger partial charge < -0.3 is 20.3 Å². The second kappa shape index (κ2) is 11.5. The second-order valence-electron chi connectivity index (χ2n) is 10.7. The highest BCUT2D eigenvalue weighted by Gasteiger charge is 2.39. The van der Waals surface area contributed by atoms with Gasteiger partial charge in [0.15, 0.2) is 0 Å². The fourth-order valence-corrected chi connectivity index (χ4v) is 3.75. The zero-order valence-electron chi connectivity index (χ0n) is 22.1. The van der Waals surface area contributed by atoms with Gasteiger partial charge in [-0.05, 0) is 85.4 Å². The molecule has 0 spiro atoms. The minimum atomic E-state index is -0.836. The molecule has 0 saturated heterocycles. The zero-order chi connectivity index (χ0) is 25.6. The third kappa shape index (κ3) is 8.71. The van der Waals surface area contributed by atoms with E-state index < -0.39 is 23.3 Å². The van der Waals surface area contributed by atoms with Gasteiger partial charge in [0.1, 0.15) is 18.2 Å². The Hall–Kier alpha value is -2.57. The summed E-state index contributed by atoms with van der Waals surface area (Å²) in [6.07, 6.45) is 1.11. The van der Waals surface area contributed by atoms with Crippen molar-refractivity contribution in [2.45, 2.75) is 105 Å². The molecule has 0 aliphatic carbocycles. The van der Waals surface area contributed by atoms with E-state index in [-0.39, 0.29) is 24.4 Å². The van der Waals surface area contributed by atoms with Crippen LogP contribution in [0.15, 0.2) is 18.2 Å². The minimum absolute atomic E-state index is 0.0214. The lowest BCUT2D eigenvalue weighted by Crippen LogP contribution is -2.56. The van der Waals surface area contributed by atoms with Crippen LogP contribution in [0, 0.1) is 13.8 Å². The van der Waals surface area contributed by atoms with Gasteiger partial charge in [-0.15, -0.1) is 0 Å². The Balaban J connectivity index is 3.38. The van der Waals surface area contributed by atoms with E-state index in [4.69, 9.17) is 4.74 Å². The van der Waals surface area contributed by atoms with Gasteiger partial charge >= 0.3 is 6.09 Å². The van der Waals surface area contributed by atoms with E-state index in [9.17, 15) is 14.4 Å². The van der Waals surface area contributed by atoms with Gasteiger partial charge in [0.25, 0.3) is 0 Å². The Morgan fingerprint density at radius 3 is 2.18 bits per heavy atom. The van der Waals surface area contributed by atoms with E-state index in [0.717, 1.165) is 29.5 Å². The van der Waals surface area contributed by atoms with E-state index in [2.05, 4.69) is 17.6 Å². The molecule has 1 aromatic rings. The number of carbonyl (C=O) groups is 3. The van der Waals surface area contributed by atoms with Crippen molar-refractivity contribution in [3.8, 4) is 0 Å². The fraction of sp³-hybridized carbons (Fsp3) is 0.654. The highest BCUT2D eigenvalue weighted by molar-refractivity contribution is 5.91. The number of carbonyl (C=O) groups excluding carboxylic acids is 3. The summed E-state index contributed by atoms with van der Waals surface area (Å²) >= 11 is 0. The van der Waals surface area contributed by atoms with Crippen LogP contribution in [0.5, 0.6) is 0 Å². The van der Waals surface area contributed by atoms with E-state index in [1.165, 1.54) is 0 Å². The summed E-state index contributed by atoms with van der Waals surface area (Å²) < 4.78 is 5.26. The van der Waals surface area contributed by atoms with Gasteiger partial charge in [0.2, 0.25) is 11.8 Å². The SMILES string of the molecule is CCCC(C)NC(=O)C(c1cccc(C)c1C)N(C(=O)CNC(=O)OC(C)(C)C)C(C)(C)C. The van der Waals surface area contributed by atoms with Crippen molar-refractivity contribution >= 4 is 17.9 Å². The number of alkyl carbamates (subject to hydrolysis) is 1. The minimum Gasteiger partial charge on any atom is -0.444 e. The first kappa shape index (κ1) is 28.5. The molecule has 0 aliphatic heterocycles. The second-order valence-corrected chi connectivity index (χ2v) is 10.7. The van der Waals surface area contributed by atoms with Crippen LogP contribution in [0.4, 0.5) is 4.79 Å². The first-order valence-corrected chi connectivity index (χ1v) is 11.7. The predicted molar refractivity (Wildman–Crippen MR) is 132 cm³/mol. The van der Waals surface area contributed by atoms with Crippen molar-refractivity contribution in [1.82, 2.24) is 15.5 Å². The lowest BCUT2D eigenvalue weighted by atomic mass is 9.91.